The summed E-state index contributed by atoms with van der Waals surface area (Å²) in [5, 5.41) is 3.00. The van der Waals surface area contributed by atoms with Gasteiger partial charge < -0.3 is 9.88 Å². The fraction of sp³-hybridized carbons (Fsp3) is 0.429. The molecule has 1 aliphatic heterocycles. The number of hydroxylamine groups is 1. The van der Waals surface area contributed by atoms with Crippen LogP contribution in [0, 0.1) is 22.2 Å². The highest BCUT2D eigenvalue weighted by Crippen LogP contribution is 2.31. The molecular formula is C21H23FIN3O3. The fourth-order valence-electron chi connectivity index (χ4n) is 3.86. The Kier molecular flexibility index (Phi) is 5.91. The zero-order valence-corrected chi connectivity index (χ0v) is 18.3. The van der Waals surface area contributed by atoms with E-state index in [0.717, 1.165) is 22.8 Å². The molecule has 1 aromatic heterocycles. The monoisotopic (exact) mass is 511 g/mol. The highest BCUT2D eigenvalue weighted by molar-refractivity contribution is 14.1. The van der Waals surface area contributed by atoms with E-state index in [-0.39, 0.29) is 11.2 Å². The number of nitrogens with one attached hydrogen (secondary N) is 2. The number of pyridine rings is 1. The van der Waals surface area contributed by atoms with Gasteiger partial charge in [0.25, 0.3) is 11.5 Å². The van der Waals surface area contributed by atoms with Gasteiger partial charge in [0.15, 0.2) is 0 Å². The van der Waals surface area contributed by atoms with Crippen LogP contribution in [-0.4, -0.2) is 17.1 Å². The molecule has 4 rings (SSSR count). The van der Waals surface area contributed by atoms with Crippen LogP contribution in [0.2, 0.25) is 0 Å². The Morgan fingerprint density at radius 1 is 1.34 bits per heavy atom. The predicted molar refractivity (Wildman–Crippen MR) is 117 cm³/mol. The number of fused-ring (bicyclic) bond motifs is 1. The zero-order chi connectivity index (χ0) is 20.5. The summed E-state index contributed by atoms with van der Waals surface area (Å²) in [4.78, 5) is 31.3. The number of rotatable bonds is 6. The molecule has 1 fully saturated rings. The lowest BCUT2D eigenvalue weighted by Crippen LogP contribution is -2.33. The fourth-order valence-corrected chi connectivity index (χ4v) is 4.31. The van der Waals surface area contributed by atoms with E-state index in [9.17, 15) is 14.0 Å². The van der Waals surface area contributed by atoms with Crippen molar-refractivity contribution in [3.05, 3.63) is 54.8 Å². The van der Waals surface area contributed by atoms with E-state index in [2.05, 4.69) is 10.8 Å². The molecule has 0 unspecified atom stereocenters. The molecule has 8 heteroatoms. The van der Waals surface area contributed by atoms with Crippen LogP contribution in [-0.2, 0) is 17.8 Å². The summed E-state index contributed by atoms with van der Waals surface area (Å²) < 4.78 is 16.8. The number of benzene rings is 1. The summed E-state index contributed by atoms with van der Waals surface area (Å²) in [6, 6.07) is 4.78. The second kappa shape index (κ2) is 8.43. The van der Waals surface area contributed by atoms with Gasteiger partial charge >= 0.3 is 0 Å². The van der Waals surface area contributed by atoms with Gasteiger partial charge in [-0.2, -0.15) is 0 Å². The Morgan fingerprint density at radius 2 is 2.14 bits per heavy atom. The number of carbonyl (C=O) groups is 1. The van der Waals surface area contributed by atoms with Crippen LogP contribution in [0.3, 0.4) is 0 Å². The van der Waals surface area contributed by atoms with E-state index in [4.69, 9.17) is 4.84 Å². The van der Waals surface area contributed by atoms with E-state index < -0.39 is 11.7 Å². The lowest BCUT2D eigenvalue weighted by Gasteiger charge is -2.25. The van der Waals surface area contributed by atoms with Crippen molar-refractivity contribution in [2.75, 3.05) is 11.9 Å². The Labute approximate surface area is 181 Å². The molecule has 2 N–H and O–H groups in total. The van der Waals surface area contributed by atoms with Crippen LogP contribution >= 0.6 is 22.6 Å². The second-order valence-corrected chi connectivity index (χ2v) is 8.92. The van der Waals surface area contributed by atoms with Crippen LogP contribution in [0.25, 0.3) is 0 Å². The summed E-state index contributed by atoms with van der Waals surface area (Å²) in [5.74, 6) is -0.365. The van der Waals surface area contributed by atoms with Gasteiger partial charge in [-0.25, -0.2) is 9.87 Å². The van der Waals surface area contributed by atoms with Gasteiger partial charge in [-0.15, -0.1) is 0 Å². The minimum Gasteiger partial charge on any atom is -0.352 e. The molecule has 1 aliphatic carbocycles. The number of amides is 1. The second-order valence-electron chi connectivity index (χ2n) is 7.67. The summed E-state index contributed by atoms with van der Waals surface area (Å²) in [6.45, 7) is 2.72. The third kappa shape index (κ3) is 4.05. The summed E-state index contributed by atoms with van der Waals surface area (Å²) in [6.07, 6.45) is 4.84. The highest BCUT2D eigenvalue weighted by atomic mass is 127. The smallest absolute Gasteiger partial charge is 0.278 e. The van der Waals surface area contributed by atoms with Crippen molar-refractivity contribution in [2.24, 2.45) is 5.92 Å². The first kappa shape index (κ1) is 20.3. The van der Waals surface area contributed by atoms with E-state index in [0.29, 0.717) is 48.0 Å². The number of hydrogen-bond donors (Lipinski definition) is 2. The first-order valence-corrected chi connectivity index (χ1v) is 10.9. The average molecular weight is 511 g/mol. The average Bonchev–Trinajstić information content (AvgIpc) is 3.13. The number of carbonyl (C=O) groups excluding carboxylic acids is 1. The largest absolute Gasteiger partial charge is 0.352 e. The van der Waals surface area contributed by atoms with Crippen molar-refractivity contribution in [3.63, 3.8) is 0 Å². The van der Waals surface area contributed by atoms with Gasteiger partial charge in [0, 0.05) is 21.4 Å². The first-order chi connectivity index (χ1) is 14.0. The van der Waals surface area contributed by atoms with Crippen molar-refractivity contribution in [1.82, 2.24) is 10.0 Å². The number of anilines is 2. The lowest BCUT2D eigenvalue weighted by molar-refractivity contribution is 0.00314. The van der Waals surface area contributed by atoms with Crippen molar-refractivity contribution in [3.8, 4) is 0 Å². The van der Waals surface area contributed by atoms with Crippen LogP contribution in [0.4, 0.5) is 15.8 Å². The summed E-state index contributed by atoms with van der Waals surface area (Å²) >= 11 is 2.03. The SMILES string of the molecule is Cc1c(Nc2ccc(I)cc2F)c(C(=O)NOCC2CCC2)c2n(c1=O)CCC2. The van der Waals surface area contributed by atoms with Crippen LogP contribution < -0.4 is 16.4 Å². The van der Waals surface area contributed by atoms with Crippen molar-refractivity contribution in [1.29, 1.82) is 0 Å². The standard InChI is InChI=1S/C21H23FIN3O3/c1-12-19(24-16-8-7-14(23)10-15(16)22)18(17-6-3-9-26(17)21(12)28)20(27)25-29-11-13-4-2-5-13/h7-8,10,13,24H,2-6,9,11H2,1H3,(H,25,27). The molecule has 0 atom stereocenters. The molecule has 2 aromatic rings. The third-order valence-electron chi connectivity index (χ3n) is 5.73. The van der Waals surface area contributed by atoms with Gasteiger partial charge in [0.2, 0.25) is 0 Å². The van der Waals surface area contributed by atoms with E-state index in [1.165, 1.54) is 12.5 Å². The molecular weight excluding hydrogens is 488 g/mol. The van der Waals surface area contributed by atoms with Crippen LogP contribution in [0.15, 0.2) is 23.0 Å². The molecule has 0 saturated heterocycles. The van der Waals surface area contributed by atoms with Gasteiger partial charge in [0.05, 0.1) is 23.5 Å². The Bertz CT molecular complexity index is 1020. The maximum absolute atomic E-state index is 14.4. The number of aromatic nitrogens is 1. The van der Waals surface area contributed by atoms with Crippen LogP contribution in [0.1, 0.15) is 47.3 Å². The minimum atomic E-state index is -0.440. The molecule has 1 saturated carbocycles. The number of nitrogens with zero attached hydrogens (tertiary/aromatic N) is 1. The molecule has 154 valence electrons. The Hall–Kier alpha value is -1.94. The van der Waals surface area contributed by atoms with E-state index in [1.54, 1.807) is 23.6 Å². The number of hydrogen-bond acceptors (Lipinski definition) is 4. The summed E-state index contributed by atoms with van der Waals surface area (Å²) in [7, 11) is 0. The Morgan fingerprint density at radius 3 is 2.83 bits per heavy atom. The van der Waals surface area contributed by atoms with Gasteiger partial charge in [0.1, 0.15) is 5.82 Å². The van der Waals surface area contributed by atoms with E-state index in [1.807, 2.05) is 22.6 Å². The summed E-state index contributed by atoms with van der Waals surface area (Å²) in [5.41, 5.74) is 4.35. The molecule has 2 aliphatic rings. The number of halogens is 2. The molecule has 1 amide bonds. The third-order valence-corrected chi connectivity index (χ3v) is 6.40. The minimum absolute atomic E-state index is 0.155. The maximum atomic E-state index is 14.4. The molecule has 1 aromatic carbocycles. The van der Waals surface area contributed by atoms with Gasteiger partial charge in [-0.1, -0.05) is 6.42 Å². The zero-order valence-electron chi connectivity index (χ0n) is 16.2. The van der Waals surface area contributed by atoms with Crippen molar-refractivity contribution in [2.45, 2.75) is 45.6 Å². The van der Waals surface area contributed by atoms with Gasteiger partial charge in [-0.3, -0.25) is 14.4 Å². The Balaban J connectivity index is 1.69. The normalized spacial score (nSPS) is 15.7. The highest BCUT2D eigenvalue weighted by Gasteiger charge is 2.28. The molecule has 6 nitrogen and oxygen atoms in total. The van der Waals surface area contributed by atoms with Crippen molar-refractivity contribution < 1.29 is 14.0 Å². The van der Waals surface area contributed by atoms with E-state index >= 15 is 0 Å². The quantitative estimate of drug-likeness (QED) is 0.454. The van der Waals surface area contributed by atoms with Gasteiger partial charge in [-0.05, 0) is 79.3 Å². The first-order valence-electron chi connectivity index (χ1n) is 9.86. The molecule has 0 radical (unpaired) electrons. The predicted octanol–water partition coefficient (Wildman–Crippen LogP) is 4.05. The topological polar surface area (TPSA) is 72.4 Å². The molecule has 0 spiro atoms. The molecule has 29 heavy (non-hydrogen) atoms. The van der Waals surface area contributed by atoms with Crippen LogP contribution in [0.5, 0.6) is 0 Å². The molecule has 2 heterocycles. The van der Waals surface area contributed by atoms with Crippen molar-refractivity contribution >= 4 is 39.9 Å². The molecule has 0 bridgehead atoms. The maximum Gasteiger partial charge on any atom is 0.278 e. The lowest BCUT2D eigenvalue weighted by atomic mass is 9.86.